The van der Waals surface area contributed by atoms with Gasteiger partial charge in [-0.1, -0.05) is 437 Å². The van der Waals surface area contributed by atoms with Crippen LogP contribution < -0.4 is 0 Å². The molecular weight excluding hydrogens is 1790 g/mol. The van der Waals surface area contributed by atoms with Gasteiger partial charge in [-0.05, 0) is 277 Å². The Bertz CT molecular complexity index is 10100. The lowest BCUT2D eigenvalue weighted by Gasteiger charge is -2.48. The van der Waals surface area contributed by atoms with Gasteiger partial charge in [0.1, 0.15) is 0 Å². The highest BCUT2D eigenvalue weighted by atomic mass is 14.9. The van der Waals surface area contributed by atoms with Crippen molar-refractivity contribution in [3.05, 3.63) is 637 Å². The highest BCUT2D eigenvalue weighted by Crippen LogP contribution is 2.74. The summed E-state index contributed by atoms with van der Waals surface area (Å²) in [4.78, 5) is 26.7. The van der Waals surface area contributed by atoms with E-state index in [1.54, 1.807) is 0 Å². The Morgan fingerprint density at radius 3 is 0.939 bits per heavy atom. The number of pyridine rings is 3. The van der Waals surface area contributed by atoms with E-state index in [4.69, 9.17) is 24.9 Å². The molecule has 0 atom stereocenters. The molecule has 148 heavy (non-hydrogen) atoms. The van der Waals surface area contributed by atoms with Gasteiger partial charge in [0.25, 0.3) is 0 Å². The topological polar surface area (TPSA) is 64.5 Å². The monoisotopic (exact) mass is 1870 g/mol. The number of fused-ring (bicyclic) bond motifs is 53. The van der Waals surface area contributed by atoms with Crippen LogP contribution in [0.1, 0.15) is 134 Å². The summed E-state index contributed by atoms with van der Waals surface area (Å²) in [5.74, 6) is 0.719. The van der Waals surface area contributed by atoms with E-state index in [-0.39, 0.29) is 0 Å². The van der Waals surface area contributed by atoms with Crippen LogP contribution in [0.4, 0.5) is 0 Å². The summed E-state index contributed by atoms with van der Waals surface area (Å²) in [6.45, 7) is 0. The quantitative estimate of drug-likeness (QED) is 0.161. The van der Waals surface area contributed by atoms with Crippen LogP contribution in [0.5, 0.6) is 0 Å². The summed E-state index contributed by atoms with van der Waals surface area (Å²) in [6, 6.07) is 185. The molecule has 0 unspecified atom stereocenters. The van der Waals surface area contributed by atoms with E-state index in [9.17, 15) is 0 Å². The third-order valence-electron chi connectivity index (χ3n) is 35.9. The summed E-state index contributed by atoms with van der Waals surface area (Å²) < 4.78 is 0. The minimum absolute atomic E-state index is 0.509. The van der Waals surface area contributed by atoms with Crippen LogP contribution in [0, 0.1) is 0 Å². The number of rotatable bonds is 5. The predicted molar refractivity (Wildman–Crippen MR) is 597 cm³/mol. The van der Waals surface area contributed by atoms with Crippen molar-refractivity contribution in [2.45, 2.75) is 32.5 Å². The van der Waals surface area contributed by atoms with E-state index in [1.165, 1.54) is 206 Å². The smallest absolute Gasteiger partial charge is 0.159 e. The Labute approximate surface area is 855 Å². The fraction of sp³-hybridized carbons (Fsp3) is 0.0420. The fourth-order valence-electron chi connectivity index (χ4n) is 30.7. The lowest BCUT2D eigenvalue weighted by molar-refractivity contribution is 0.633. The van der Waals surface area contributed by atoms with E-state index in [2.05, 4.69) is 479 Å². The van der Waals surface area contributed by atoms with E-state index in [0.717, 1.165) is 94.1 Å². The van der Waals surface area contributed by atoms with Gasteiger partial charge in [-0.25, -0.2) is 15.0 Å². The number of benzene rings is 21. The SMILES string of the molecule is c1ccc2c(c1)-c1ccccc1C21c2ccccc2C2(c3ccccc3-c3cc(-c4cnc5c(ccc6c(-c7cccc8c7-c7ccccc7C87c8ccccc8C8(c9ccccc9-c9c(-c%10ccc%11cc(-c%12cccc%13c%12-c%12ccccc%12C%13%12c%13ccccc%13C%13(c%14ccccc%14-c%14cc(-c%15ncc%16ccccc%16n%15)ccc%14%13)c%13ccccc%13%12)ccc%11n%10)cccc98)c8ccccc87)ccnc65)c4)ccc32)c2ccccc21. The molecule has 0 fully saturated rings. The standard InChI is InChI=1S/C143H83N5/c1-28-65-129-89(32-1)82-146-137(148-129)88-68-73-113-104(81-88)96-36-5-12-46-108(96)140(113)118-54-20-22-56-120(118)141(121-57-23-21-55-119(121)140)109-47-13-6-37-99(109)132-91(40-29-62-126(132)141)85-69-74-130-86(78-85)70-75-131(147-130)102-42-31-64-128-134(102)101-39-8-15-49-111(101)143(128)124-60-26-24-58-122(124)142(123-59-25-27-61-125(123)143)110-48-14-7-38-100(110)133-97(41-30-63-127(133)142)92-76-77-144-136-98(92)71-66-87-79-90(83-145-135(87)136)84-67-72-112-103(80-84)95-35-4-11-45-107(95)139(112)116-52-18-16-50-114(116)138(115-51-17-19-53-117(115)139)105-43-9-2-33-93(105)94-34-3-10-44-106(94)138/h1-83H. The van der Waals surface area contributed by atoms with Gasteiger partial charge in [-0.15, -0.1) is 0 Å². The normalized spacial score (nSPS) is 15.2. The molecule has 6 spiro atoms. The number of hydrogen-bond donors (Lipinski definition) is 0. The predicted octanol–water partition coefficient (Wildman–Crippen LogP) is 32.7. The zero-order valence-corrected chi connectivity index (χ0v) is 80.2. The number of nitrogens with zero attached hydrogens (tertiary/aromatic N) is 5. The van der Waals surface area contributed by atoms with E-state index in [1.807, 2.05) is 24.5 Å². The van der Waals surface area contributed by atoms with Crippen molar-refractivity contribution < 1.29 is 0 Å². The van der Waals surface area contributed by atoms with Crippen LogP contribution >= 0.6 is 0 Å². The van der Waals surface area contributed by atoms with Gasteiger partial charge in [0.15, 0.2) is 5.82 Å². The molecule has 0 bridgehead atoms. The van der Waals surface area contributed by atoms with Gasteiger partial charge >= 0.3 is 0 Å². The van der Waals surface area contributed by atoms with Crippen molar-refractivity contribution in [3.8, 4) is 123 Å². The maximum Gasteiger partial charge on any atom is 0.159 e. The Balaban J connectivity index is 0.473. The molecule has 5 nitrogen and oxygen atoms in total. The van der Waals surface area contributed by atoms with Gasteiger partial charge in [-0.2, -0.15) is 0 Å². The second kappa shape index (κ2) is 29.0. The molecule has 34 rings (SSSR count). The van der Waals surface area contributed by atoms with Crippen molar-refractivity contribution in [2.75, 3.05) is 0 Å². The van der Waals surface area contributed by atoms with Gasteiger partial charge in [0.05, 0.1) is 60.3 Å². The van der Waals surface area contributed by atoms with E-state index in [0.29, 0.717) is 0 Å². The van der Waals surface area contributed by atoms with Crippen LogP contribution in [0.15, 0.2) is 504 Å². The third-order valence-corrected chi connectivity index (χ3v) is 35.9. The molecule has 0 N–H and O–H groups in total. The molecule has 0 amide bonds. The lowest BCUT2D eigenvalue weighted by atomic mass is 9.52. The summed E-state index contributed by atoms with van der Waals surface area (Å²) in [5, 5.41) is 4.20. The molecule has 0 aliphatic heterocycles. The Kier molecular flexibility index (Phi) is 15.8. The molecule has 4 heterocycles. The van der Waals surface area contributed by atoms with Crippen LogP contribution in [0.25, 0.3) is 166 Å². The van der Waals surface area contributed by atoms with Crippen molar-refractivity contribution in [3.63, 3.8) is 0 Å². The van der Waals surface area contributed by atoms with Crippen LogP contribution in [-0.4, -0.2) is 24.9 Å². The molecular formula is C143H83N5. The van der Waals surface area contributed by atoms with Crippen molar-refractivity contribution in [1.82, 2.24) is 24.9 Å². The molecule has 5 heteroatoms. The first-order valence-corrected chi connectivity index (χ1v) is 51.7. The molecule has 21 aromatic carbocycles. The first kappa shape index (κ1) is 80.7. The molecule has 4 aromatic heterocycles. The number of hydrogen-bond acceptors (Lipinski definition) is 5. The zero-order valence-electron chi connectivity index (χ0n) is 80.2. The lowest BCUT2D eigenvalue weighted by Crippen LogP contribution is -2.43. The summed E-state index contributed by atoms with van der Waals surface area (Å²) in [7, 11) is 0. The van der Waals surface area contributed by atoms with Gasteiger partial charge in [0.2, 0.25) is 0 Å². The average molecular weight is 1870 g/mol. The van der Waals surface area contributed by atoms with Crippen molar-refractivity contribution in [2.24, 2.45) is 0 Å². The van der Waals surface area contributed by atoms with Gasteiger partial charge in [-0.3, -0.25) is 9.97 Å². The Hall–Kier alpha value is -18.8. The van der Waals surface area contributed by atoms with Crippen LogP contribution in [0.3, 0.4) is 0 Å². The minimum atomic E-state index is -0.731. The molecule has 0 saturated heterocycles. The summed E-state index contributed by atoms with van der Waals surface area (Å²) >= 11 is 0. The van der Waals surface area contributed by atoms with Crippen molar-refractivity contribution >= 4 is 43.6 Å². The van der Waals surface area contributed by atoms with Crippen LogP contribution in [0.2, 0.25) is 0 Å². The zero-order chi connectivity index (χ0) is 96.4. The molecule has 0 radical (unpaired) electrons. The largest absolute Gasteiger partial charge is 0.254 e. The third kappa shape index (κ3) is 9.65. The Morgan fingerprint density at radius 2 is 0.473 bits per heavy atom. The Morgan fingerprint density at radius 1 is 0.149 bits per heavy atom. The summed E-state index contributed by atoms with van der Waals surface area (Å²) in [5.41, 5.74) is 55.6. The van der Waals surface area contributed by atoms with Crippen molar-refractivity contribution in [1.29, 1.82) is 0 Å². The van der Waals surface area contributed by atoms with Crippen LogP contribution in [-0.2, 0) is 32.5 Å². The fourth-order valence-corrected chi connectivity index (χ4v) is 30.7. The highest BCUT2D eigenvalue weighted by Gasteiger charge is 2.64. The molecule has 25 aromatic rings. The average Bonchev–Trinajstić information content (AvgIpc) is 1.47. The highest BCUT2D eigenvalue weighted by molar-refractivity contribution is 6.13. The summed E-state index contributed by atoms with van der Waals surface area (Å²) in [6.07, 6.45) is 6.04. The second-order valence-corrected chi connectivity index (χ2v) is 41.8. The minimum Gasteiger partial charge on any atom is -0.254 e. The number of aromatic nitrogens is 5. The number of para-hydroxylation sites is 1. The van der Waals surface area contributed by atoms with Gasteiger partial charge in [0, 0.05) is 56.8 Å². The molecule has 0 saturated carbocycles. The molecule has 9 aliphatic carbocycles. The molecule has 680 valence electrons. The maximum atomic E-state index is 5.81. The molecule has 9 aliphatic rings. The first-order valence-electron chi connectivity index (χ1n) is 51.7. The van der Waals surface area contributed by atoms with Gasteiger partial charge < -0.3 is 0 Å². The van der Waals surface area contributed by atoms with E-state index >= 15 is 0 Å². The second-order valence-electron chi connectivity index (χ2n) is 41.8. The van der Waals surface area contributed by atoms with E-state index < -0.39 is 32.5 Å². The maximum absolute atomic E-state index is 5.81. The first-order chi connectivity index (χ1) is 73.4.